The molecule has 0 bridgehead atoms. The molecule has 0 spiro atoms. The fourth-order valence-electron chi connectivity index (χ4n) is 3.67. The molecule has 1 fully saturated rings. The Morgan fingerprint density at radius 3 is 2.65 bits per heavy atom. The lowest BCUT2D eigenvalue weighted by atomic mass is 10.0. The molecule has 1 saturated heterocycles. The number of rotatable bonds is 10. The number of halogens is 1. The summed E-state index contributed by atoms with van der Waals surface area (Å²) in [6.07, 6.45) is 7.23. The molecule has 0 aliphatic carbocycles. The van der Waals surface area contributed by atoms with E-state index in [1.165, 1.54) is 11.1 Å². The van der Waals surface area contributed by atoms with E-state index in [9.17, 15) is 0 Å². The van der Waals surface area contributed by atoms with Crippen LogP contribution in [0.3, 0.4) is 0 Å². The molecule has 2 aromatic carbocycles. The first-order valence-electron chi connectivity index (χ1n) is 10.4. The molecule has 1 aliphatic heterocycles. The molecule has 3 aromatic rings. The molecular formula is C24H27ClN2O3S. The zero-order chi connectivity index (χ0) is 21.5. The molecule has 2 heterocycles. The van der Waals surface area contributed by atoms with Gasteiger partial charge in [-0.15, -0.1) is 0 Å². The van der Waals surface area contributed by atoms with E-state index < -0.39 is 5.79 Å². The molecule has 0 radical (unpaired) electrons. The summed E-state index contributed by atoms with van der Waals surface area (Å²) in [4.78, 5) is 4.16. The van der Waals surface area contributed by atoms with Gasteiger partial charge in [0.2, 0.25) is 0 Å². The van der Waals surface area contributed by atoms with Crippen LogP contribution in [0.15, 0.2) is 67.3 Å². The molecule has 0 amide bonds. The van der Waals surface area contributed by atoms with Crippen LogP contribution in [0.25, 0.3) is 0 Å². The molecule has 4 rings (SSSR count). The third-order valence-electron chi connectivity index (χ3n) is 5.34. The highest BCUT2D eigenvalue weighted by Gasteiger charge is 2.41. The first-order valence-corrected chi connectivity index (χ1v) is 11.9. The summed E-state index contributed by atoms with van der Waals surface area (Å²) in [6.45, 7) is 1.23. The average molecular weight is 459 g/mol. The minimum atomic E-state index is -0.647. The second-order valence-electron chi connectivity index (χ2n) is 7.69. The standard InChI is InChI=1S/C24H27ClN2O3S/c1-28-22-8-4-20(5-9-22)15-31-16-23-14-29-24(30-23,17-27-13-12-26-18-27)11-10-19-2-6-21(25)7-3-19/h2-9,12-13,18,23H,10-11,14-17H2,1H3. The third kappa shape index (κ3) is 6.26. The van der Waals surface area contributed by atoms with E-state index in [-0.39, 0.29) is 6.10 Å². The zero-order valence-electron chi connectivity index (χ0n) is 17.6. The second kappa shape index (κ2) is 10.6. The Morgan fingerprint density at radius 2 is 1.94 bits per heavy atom. The predicted octanol–water partition coefficient (Wildman–Crippen LogP) is 5.22. The number of ether oxygens (including phenoxy) is 3. The average Bonchev–Trinajstić information content (AvgIpc) is 3.45. The maximum Gasteiger partial charge on any atom is 0.187 e. The van der Waals surface area contributed by atoms with Crippen molar-refractivity contribution >= 4 is 23.4 Å². The SMILES string of the molecule is COc1ccc(CSCC2COC(CCc3ccc(Cl)cc3)(Cn3ccnc3)O2)cc1. The van der Waals surface area contributed by atoms with Crippen LogP contribution in [0, 0.1) is 0 Å². The number of imidazole rings is 1. The van der Waals surface area contributed by atoms with Gasteiger partial charge in [-0.2, -0.15) is 11.8 Å². The van der Waals surface area contributed by atoms with Crippen LogP contribution in [0.1, 0.15) is 17.5 Å². The Labute approximate surface area is 192 Å². The van der Waals surface area contributed by atoms with E-state index >= 15 is 0 Å². The summed E-state index contributed by atoms with van der Waals surface area (Å²) in [7, 11) is 1.68. The third-order valence-corrected chi connectivity index (χ3v) is 6.73. The lowest BCUT2D eigenvalue weighted by molar-refractivity contribution is -0.180. The van der Waals surface area contributed by atoms with Gasteiger partial charge in [-0.25, -0.2) is 4.98 Å². The summed E-state index contributed by atoms with van der Waals surface area (Å²) >= 11 is 7.88. The van der Waals surface area contributed by atoms with Crippen LogP contribution in [0.2, 0.25) is 5.02 Å². The minimum absolute atomic E-state index is 0.0667. The van der Waals surface area contributed by atoms with Gasteiger partial charge in [0.25, 0.3) is 0 Å². The van der Waals surface area contributed by atoms with Gasteiger partial charge in [0.05, 0.1) is 32.7 Å². The van der Waals surface area contributed by atoms with Crippen LogP contribution in [-0.2, 0) is 28.2 Å². The molecule has 2 unspecified atom stereocenters. The Morgan fingerprint density at radius 1 is 1.16 bits per heavy atom. The van der Waals surface area contributed by atoms with E-state index in [1.54, 1.807) is 13.3 Å². The summed E-state index contributed by atoms with van der Waals surface area (Å²) in [5.74, 6) is 2.05. The predicted molar refractivity (Wildman–Crippen MR) is 125 cm³/mol. The summed E-state index contributed by atoms with van der Waals surface area (Å²) in [5.41, 5.74) is 2.50. The van der Waals surface area contributed by atoms with Gasteiger partial charge in [0, 0.05) is 35.3 Å². The number of aryl methyl sites for hydroxylation is 1. The van der Waals surface area contributed by atoms with E-state index in [1.807, 2.05) is 53.1 Å². The van der Waals surface area contributed by atoms with Gasteiger partial charge in [-0.3, -0.25) is 0 Å². The minimum Gasteiger partial charge on any atom is -0.497 e. The van der Waals surface area contributed by atoms with Crippen LogP contribution in [0.5, 0.6) is 5.75 Å². The quantitative estimate of drug-likeness (QED) is 0.416. The van der Waals surface area contributed by atoms with Crippen molar-refractivity contribution in [3.63, 3.8) is 0 Å². The second-order valence-corrected chi connectivity index (χ2v) is 9.15. The summed E-state index contributed by atoms with van der Waals surface area (Å²) in [6, 6.07) is 16.2. The number of nitrogens with zero attached hydrogens (tertiary/aromatic N) is 2. The van der Waals surface area contributed by atoms with Gasteiger partial charge >= 0.3 is 0 Å². The summed E-state index contributed by atoms with van der Waals surface area (Å²) in [5, 5.41) is 0.749. The van der Waals surface area contributed by atoms with Crippen molar-refractivity contribution in [1.29, 1.82) is 0 Å². The molecule has 2 atom stereocenters. The highest BCUT2D eigenvalue weighted by Crippen LogP contribution is 2.32. The number of benzene rings is 2. The number of methoxy groups -OCH3 is 1. The number of hydrogen-bond donors (Lipinski definition) is 0. The molecule has 1 aliphatic rings. The van der Waals surface area contributed by atoms with Crippen molar-refractivity contribution in [3.8, 4) is 5.75 Å². The fraction of sp³-hybridized carbons (Fsp3) is 0.375. The molecule has 0 saturated carbocycles. The van der Waals surface area contributed by atoms with Crippen molar-refractivity contribution in [2.24, 2.45) is 0 Å². The Kier molecular flexibility index (Phi) is 7.56. The van der Waals surface area contributed by atoms with Crippen molar-refractivity contribution in [1.82, 2.24) is 9.55 Å². The Hall–Kier alpha value is -1.99. The van der Waals surface area contributed by atoms with Crippen molar-refractivity contribution in [2.45, 2.75) is 37.0 Å². The lowest BCUT2D eigenvalue weighted by Gasteiger charge is -2.28. The molecule has 7 heteroatoms. The highest BCUT2D eigenvalue weighted by atomic mass is 35.5. The first-order chi connectivity index (χ1) is 15.1. The maximum absolute atomic E-state index is 6.50. The van der Waals surface area contributed by atoms with E-state index in [2.05, 4.69) is 29.2 Å². The van der Waals surface area contributed by atoms with Gasteiger partial charge in [-0.05, 0) is 41.8 Å². The van der Waals surface area contributed by atoms with Crippen molar-refractivity contribution in [2.75, 3.05) is 19.5 Å². The van der Waals surface area contributed by atoms with Crippen LogP contribution in [-0.4, -0.2) is 40.9 Å². The molecule has 5 nitrogen and oxygen atoms in total. The van der Waals surface area contributed by atoms with Crippen LogP contribution < -0.4 is 4.74 Å². The van der Waals surface area contributed by atoms with Gasteiger partial charge < -0.3 is 18.8 Å². The molecule has 31 heavy (non-hydrogen) atoms. The lowest BCUT2D eigenvalue weighted by Crippen LogP contribution is -2.37. The largest absolute Gasteiger partial charge is 0.497 e. The smallest absolute Gasteiger partial charge is 0.187 e. The van der Waals surface area contributed by atoms with Crippen molar-refractivity contribution < 1.29 is 14.2 Å². The Bertz CT molecular complexity index is 934. The van der Waals surface area contributed by atoms with E-state index in [4.69, 9.17) is 25.8 Å². The molecular weight excluding hydrogens is 432 g/mol. The normalized spacial score (nSPS) is 20.8. The van der Waals surface area contributed by atoms with Crippen LogP contribution in [0.4, 0.5) is 0 Å². The van der Waals surface area contributed by atoms with Gasteiger partial charge in [0.15, 0.2) is 5.79 Å². The van der Waals surface area contributed by atoms with Gasteiger partial charge in [-0.1, -0.05) is 35.9 Å². The highest BCUT2D eigenvalue weighted by molar-refractivity contribution is 7.98. The Balaban J connectivity index is 1.33. The monoisotopic (exact) mass is 458 g/mol. The first kappa shape index (κ1) is 22.2. The van der Waals surface area contributed by atoms with E-state index in [0.717, 1.165) is 35.1 Å². The van der Waals surface area contributed by atoms with Gasteiger partial charge in [0.1, 0.15) is 5.75 Å². The topological polar surface area (TPSA) is 45.5 Å². The number of thioether (sulfide) groups is 1. The van der Waals surface area contributed by atoms with Crippen LogP contribution >= 0.6 is 23.4 Å². The summed E-state index contributed by atoms with van der Waals surface area (Å²) < 4.78 is 20.0. The maximum atomic E-state index is 6.50. The van der Waals surface area contributed by atoms with E-state index in [0.29, 0.717) is 13.2 Å². The molecule has 0 N–H and O–H groups in total. The zero-order valence-corrected chi connectivity index (χ0v) is 19.1. The number of hydrogen-bond acceptors (Lipinski definition) is 5. The fourth-order valence-corrected chi connectivity index (χ4v) is 4.77. The van der Waals surface area contributed by atoms with Crippen molar-refractivity contribution in [3.05, 3.63) is 83.4 Å². The molecule has 1 aromatic heterocycles. The molecule has 164 valence electrons. The number of aromatic nitrogens is 2.